The minimum absolute atomic E-state index is 0.0660. The standard InChI is InChI=1S/C15H21ClN2O3/c1-10(21-13-5-3-4-12(16)8-13)9-18-15(19)14-11(2)20-7-6-17-14/h3-5,8,10-11,14,17H,6-7,9H2,1-2H3,(H,18,19)/t10?,11-,14+/m1/s1. The van der Waals surface area contributed by atoms with Gasteiger partial charge in [0.15, 0.2) is 0 Å². The Labute approximate surface area is 130 Å². The van der Waals surface area contributed by atoms with Crippen LogP contribution in [0.2, 0.25) is 5.02 Å². The fourth-order valence-corrected chi connectivity index (χ4v) is 2.38. The minimum atomic E-state index is -0.308. The fourth-order valence-electron chi connectivity index (χ4n) is 2.20. The van der Waals surface area contributed by atoms with Gasteiger partial charge in [-0.3, -0.25) is 4.79 Å². The van der Waals surface area contributed by atoms with E-state index >= 15 is 0 Å². The summed E-state index contributed by atoms with van der Waals surface area (Å²) in [5.74, 6) is 0.625. The summed E-state index contributed by atoms with van der Waals surface area (Å²) in [5.41, 5.74) is 0. The van der Waals surface area contributed by atoms with Crippen molar-refractivity contribution >= 4 is 17.5 Å². The molecule has 0 radical (unpaired) electrons. The summed E-state index contributed by atoms with van der Waals surface area (Å²) >= 11 is 5.90. The van der Waals surface area contributed by atoms with Crippen LogP contribution in [0.25, 0.3) is 0 Å². The van der Waals surface area contributed by atoms with E-state index in [1.165, 1.54) is 0 Å². The fraction of sp³-hybridized carbons (Fsp3) is 0.533. The lowest BCUT2D eigenvalue weighted by molar-refractivity contribution is -0.129. The highest BCUT2D eigenvalue weighted by Gasteiger charge is 2.28. The van der Waals surface area contributed by atoms with Gasteiger partial charge in [-0.15, -0.1) is 0 Å². The third kappa shape index (κ3) is 4.88. The molecule has 1 saturated heterocycles. The van der Waals surface area contributed by atoms with Gasteiger partial charge in [-0.25, -0.2) is 0 Å². The number of hydrogen-bond acceptors (Lipinski definition) is 4. The molecule has 116 valence electrons. The summed E-state index contributed by atoms with van der Waals surface area (Å²) in [7, 11) is 0. The van der Waals surface area contributed by atoms with Crippen molar-refractivity contribution in [3.05, 3.63) is 29.3 Å². The number of morpholine rings is 1. The largest absolute Gasteiger partial charge is 0.489 e. The molecule has 0 bridgehead atoms. The van der Waals surface area contributed by atoms with Gasteiger partial charge in [-0.1, -0.05) is 17.7 Å². The Morgan fingerprint density at radius 2 is 2.43 bits per heavy atom. The Bertz CT molecular complexity index is 484. The molecule has 1 amide bonds. The third-order valence-electron chi connectivity index (χ3n) is 3.30. The van der Waals surface area contributed by atoms with Gasteiger partial charge >= 0.3 is 0 Å². The lowest BCUT2D eigenvalue weighted by Gasteiger charge is -2.29. The van der Waals surface area contributed by atoms with Gasteiger partial charge < -0.3 is 20.1 Å². The monoisotopic (exact) mass is 312 g/mol. The zero-order valence-electron chi connectivity index (χ0n) is 12.3. The van der Waals surface area contributed by atoms with Crippen LogP contribution in [0.15, 0.2) is 24.3 Å². The summed E-state index contributed by atoms with van der Waals surface area (Å²) in [6.07, 6.45) is -0.268. The molecule has 2 N–H and O–H groups in total. The number of amides is 1. The molecule has 5 nitrogen and oxygen atoms in total. The summed E-state index contributed by atoms with van der Waals surface area (Å²) < 4.78 is 11.2. The predicted octanol–water partition coefficient (Wildman–Crippen LogP) is 1.60. The Morgan fingerprint density at radius 3 is 3.14 bits per heavy atom. The van der Waals surface area contributed by atoms with Crippen molar-refractivity contribution in [2.45, 2.75) is 32.1 Å². The molecular weight excluding hydrogens is 292 g/mol. The molecular formula is C15H21ClN2O3. The number of ether oxygens (including phenoxy) is 2. The Kier molecular flexibility index (Phi) is 5.85. The number of carbonyl (C=O) groups is 1. The van der Waals surface area contributed by atoms with Crippen molar-refractivity contribution in [1.82, 2.24) is 10.6 Å². The van der Waals surface area contributed by atoms with Crippen molar-refractivity contribution in [3.8, 4) is 5.75 Å². The van der Waals surface area contributed by atoms with E-state index in [-0.39, 0.29) is 24.2 Å². The van der Waals surface area contributed by atoms with E-state index in [1.54, 1.807) is 12.1 Å². The zero-order valence-corrected chi connectivity index (χ0v) is 13.0. The maximum absolute atomic E-state index is 12.1. The van der Waals surface area contributed by atoms with Gasteiger partial charge in [0, 0.05) is 11.6 Å². The first-order chi connectivity index (χ1) is 10.1. The van der Waals surface area contributed by atoms with E-state index in [0.717, 1.165) is 0 Å². The van der Waals surface area contributed by atoms with Crippen LogP contribution < -0.4 is 15.4 Å². The van der Waals surface area contributed by atoms with Crippen LogP contribution in [-0.4, -0.2) is 43.9 Å². The zero-order chi connectivity index (χ0) is 15.2. The second kappa shape index (κ2) is 7.64. The van der Waals surface area contributed by atoms with Gasteiger partial charge in [0.1, 0.15) is 17.9 Å². The summed E-state index contributed by atoms with van der Waals surface area (Å²) in [4.78, 5) is 12.1. The molecule has 1 aromatic carbocycles. The van der Waals surface area contributed by atoms with Crippen LogP contribution in [0, 0.1) is 0 Å². The van der Waals surface area contributed by atoms with Crippen LogP contribution >= 0.6 is 11.6 Å². The number of carbonyl (C=O) groups excluding carboxylic acids is 1. The predicted molar refractivity (Wildman–Crippen MR) is 81.8 cm³/mol. The normalized spacial score (nSPS) is 23.4. The maximum Gasteiger partial charge on any atom is 0.239 e. The molecule has 3 atom stereocenters. The number of nitrogens with one attached hydrogen (secondary N) is 2. The Morgan fingerprint density at radius 1 is 1.62 bits per heavy atom. The lowest BCUT2D eigenvalue weighted by Crippen LogP contribution is -2.56. The number of benzene rings is 1. The SMILES string of the molecule is CC(CNC(=O)[C@H]1NCCO[C@@H]1C)Oc1cccc(Cl)c1. The number of hydrogen-bond donors (Lipinski definition) is 2. The molecule has 1 heterocycles. The molecule has 2 rings (SSSR count). The number of halogens is 1. The topological polar surface area (TPSA) is 59.6 Å². The van der Waals surface area contributed by atoms with E-state index in [9.17, 15) is 4.79 Å². The van der Waals surface area contributed by atoms with Crippen molar-refractivity contribution in [1.29, 1.82) is 0 Å². The van der Waals surface area contributed by atoms with Crippen LogP contribution in [0.4, 0.5) is 0 Å². The van der Waals surface area contributed by atoms with Crippen LogP contribution in [0.1, 0.15) is 13.8 Å². The average Bonchev–Trinajstić information content (AvgIpc) is 2.45. The van der Waals surface area contributed by atoms with Gasteiger partial charge in [0.2, 0.25) is 5.91 Å². The first-order valence-electron chi connectivity index (χ1n) is 7.11. The molecule has 6 heteroatoms. The molecule has 1 aromatic rings. The van der Waals surface area contributed by atoms with E-state index in [0.29, 0.717) is 30.5 Å². The quantitative estimate of drug-likeness (QED) is 0.867. The van der Waals surface area contributed by atoms with Crippen molar-refractivity contribution in [3.63, 3.8) is 0 Å². The highest BCUT2D eigenvalue weighted by Crippen LogP contribution is 2.18. The lowest BCUT2D eigenvalue weighted by atomic mass is 10.1. The highest BCUT2D eigenvalue weighted by molar-refractivity contribution is 6.30. The second-order valence-corrected chi connectivity index (χ2v) is 5.58. The molecule has 0 spiro atoms. The highest BCUT2D eigenvalue weighted by atomic mass is 35.5. The smallest absolute Gasteiger partial charge is 0.239 e. The Balaban J connectivity index is 1.78. The second-order valence-electron chi connectivity index (χ2n) is 5.14. The van der Waals surface area contributed by atoms with E-state index in [2.05, 4.69) is 10.6 Å². The molecule has 0 aliphatic carbocycles. The summed E-state index contributed by atoms with van der Waals surface area (Å²) in [6.45, 7) is 5.55. The first-order valence-corrected chi connectivity index (χ1v) is 7.49. The molecule has 1 unspecified atom stereocenters. The van der Waals surface area contributed by atoms with Gasteiger partial charge in [0.25, 0.3) is 0 Å². The van der Waals surface area contributed by atoms with Gasteiger partial charge in [-0.05, 0) is 32.0 Å². The molecule has 1 fully saturated rings. The van der Waals surface area contributed by atoms with Crippen molar-refractivity contribution in [2.24, 2.45) is 0 Å². The third-order valence-corrected chi connectivity index (χ3v) is 3.53. The summed E-state index contributed by atoms with van der Waals surface area (Å²) in [5, 5.41) is 6.66. The van der Waals surface area contributed by atoms with Crippen LogP contribution in [0.5, 0.6) is 5.75 Å². The van der Waals surface area contributed by atoms with Crippen molar-refractivity contribution < 1.29 is 14.3 Å². The van der Waals surface area contributed by atoms with E-state index in [1.807, 2.05) is 26.0 Å². The van der Waals surface area contributed by atoms with Gasteiger partial charge in [0.05, 0.1) is 19.3 Å². The van der Waals surface area contributed by atoms with E-state index in [4.69, 9.17) is 21.1 Å². The molecule has 0 saturated carbocycles. The molecule has 21 heavy (non-hydrogen) atoms. The molecule has 0 aromatic heterocycles. The maximum atomic E-state index is 12.1. The van der Waals surface area contributed by atoms with E-state index < -0.39 is 0 Å². The first kappa shape index (κ1) is 16.1. The Hall–Kier alpha value is -1.30. The average molecular weight is 313 g/mol. The molecule has 1 aliphatic rings. The van der Waals surface area contributed by atoms with Crippen LogP contribution in [0.3, 0.4) is 0 Å². The minimum Gasteiger partial charge on any atom is -0.489 e. The van der Waals surface area contributed by atoms with Gasteiger partial charge in [-0.2, -0.15) is 0 Å². The number of rotatable bonds is 5. The van der Waals surface area contributed by atoms with Crippen molar-refractivity contribution in [2.75, 3.05) is 19.7 Å². The summed E-state index contributed by atoms with van der Waals surface area (Å²) in [6, 6.07) is 6.89. The van der Waals surface area contributed by atoms with Crippen LogP contribution in [-0.2, 0) is 9.53 Å². The molecule has 1 aliphatic heterocycles.